The molecule has 2 aliphatic rings. The van der Waals surface area contributed by atoms with E-state index in [1.54, 1.807) is 0 Å². The summed E-state index contributed by atoms with van der Waals surface area (Å²) in [5.41, 5.74) is 3.47. The molecule has 0 aliphatic carbocycles. The Morgan fingerprint density at radius 2 is 1.81 bits per heavy atom. The third-order valence-corrected chi connectivity index (χ3v) is 6.62. The topological polar surface area (TPSA) is 67.8 Å². The van der Waals surface area contributed by atoms with Crippen LogP contribution >= 0.6 is 11.6 Å². The van der Waals surface area contributed by atoms with Crippen LogP contribution < -0.4 is 10.6 Å². The normalized spacial score (nSPS) is 21.8. The van der Waals surface area contributed by atoms with Gasteiger partial charge in [-0.3, -0.25) is 9.69 Å². The molecule has 0 bridgehead atoms. The monoisotopic (exact) mass is 442 g/mol. The number of piperazine rings is 1. The van der Waals surface area contributed by atoms with Crippen molar-refractivity contribution in [1.82, 2.24) is 20.4 Å². The molecule has 2 heterocycles. The van der Waals surface area contributed by atoms with Crippen molar-refractivity contribution in [2.45, 2.75) is 37.7 Å². The molecule has 1 saturated heterocycles. The number of rotatable bonds is 6. The highest BCUT2D eigenvalue weighted by Gasteiger charge is 2.32. The van der Waals surface area contributed by atoms with Gasteiger partial charge in [0.05, 0.1) is 12.1 Å². The zero-order valence-electron chi connectivity index (χ0n) is 17.9. The van der Waals surface area contributed by atoms with Gasteiger partial charge in [0.2, 0.25) is 5.91 Å². The second-order valence-electron chi connectivity index (χ2n) is 8.60. The number of nitrogens with zero attached hydrogens (tertiary/aromatic N) is 2. The molecule has 3 N–H and O–H groups in total. The van der Waals surface area contributed by atoms with Gasteiger partial charge in [-0.1, -0.05) is 48.0 Å². The standard InChI is InChI=1S/C24H31ClN4O2/c1-28-10-12-29(13-11-28)24(31)22(14-17-6-8-20(25)9-7-17)27-23(30)21-15-18-4-2-3-5-19(18)16-26-21/h2-9,21-22,24,26,31H,10-16H2,1H3,(H,27,30)/t21-,22-,24?/m1/s1. The Labute approximate surface area is 189 Å². The Hall–Kier alpha value is -1.96. The van der Waals surface area contributed by atoms with Gasteiger partial charge in [-0.2, -0.15) is 0 Å². The Morgan fingerprint density at radius 3 is 2.52 bits per heavy atom. The van der Waals surface area contributed by atoms with Crippen LogP contribution in [0.1, 0.15) is 16.7 Å². The molecule has 0 aromatic heterocycles. The van der Waals surface area contributed by atoms with E-state index in [1.807, 2.05) is 36.4 Å². The van der Waals surface area contributed by atoms with Crippen LogP contribution in [0.3, 0.4) is 0 Å². The fraction of sp³-hybridized carbons (Fsp3) is 0.458. The van der Waals surface area contributed by atoms with Crippen molar-refractivity contribution in [1.29, 1.82) is 0 Å². The minimum Gasteiger partial charge on any atom is -0.376 e. The van der Waals surface area contributed by atoms with Crippen LogP contribution in [0.2, 0.25) is 5.02 Å². The number of carbonyl (C=O) groups is 1. The van der Waals surface area contributed by atoms with E-state index in [0.717, 1.165) is 31.7 Å². The molecular formula is C24H31ClN4O2. The molecule has 0 spiro atoms. The molecule has 1 fully saturated rings. The van der Waals surface area contributed by atoms with Crippen LogP contribution in [0.15, 0.2) is 48.5 Å². The van der Waals surface area contributed by atoms with Gasteiger partial charge in [0.1, 0.15) is 6.23 Å². The van der Waals surface area contributed by atoms with Gasteiger partial charge in [0, 0.05) is 37.7 Å². The summed E-state index contributed by atoms with van der Waals surface area (Å²) in [5, 5.41) is 18.4. The Bertz CT molecular complexity index is 883. The van der Waals surface area contributed by atoms with Crippen molar-refractivity contribution in [3.05, 3.63) is 70.2 Å². The maximum Gasteiger partial charge on any atom is 0.237 e. The van der Waals surface area contributed by atoms with Crippen LogP contribution in [0.25, 0.3) is 0 Å². The van der Waals surface area contributed by atoms with Gasteiger partial charge in [-0.15, -0.1) is 0 Å². The van der Waals surface area contributed by atoms with E-state index in [0.29, 0.717) is 24.4 Å². The first-order valence-corrected chi connectivity index (χ1v) is 11.3. The highest BCUT2D eigenvalue weighted by molar-refractivity contribution is 6.30. The van der Waals surface area contributed by atoms with Crippen molar-refractivity contribution >= 4 is 17.5 Å². The van der Waals surface area contributed by atoms with Crippen LogP contribution in [-0.2, 0) is 24.2 Å². The summed E-state index contributed by atoms with van der Waals surface area (Å²) in [6.45, 7) is 4.04. The highest BCUT2D eigenvalue weighted by Crippen LogP contribution is 2.18. The lowest BCUT2D eigenvalue weighted by atomic mass is 9.95. The van der Waals surface area contributed by atoms with Gasteiger partial charge < -0.3 is 20.6 Å². The average Bonchev–Trinajstić information content (AvgIpc) is 2.79. The molecule has 0 saturated carbocycles. The predicted molar refractivity (Wildman–Crippen MR) is 123 cm³/mol. The molecule has 2 aliphatic heterocycles. The molecule has 2 aromatic carbocycles. The maximum absolute atomic E-state index is 13.2. The SMILES string of the molecule is CN1CCN(C(O)[C@@H](Cc2ccc(Cl)cc2)NC(=O)[C@H]2Cc3ccccc3CN2)CC1. The van der Waals surface area contributed by atoms with Crippen molar-refractivity contribution in [2.75, 3.05) is 33.2 Å². The number of fused-ring (bicyclic) bond motifs is 1. The molecule has 1 amide bonds. The smallest absolute Gasteiger partial charge is 0.237 e. The third-order valence-electron chi connectivity index (χ3n) is 6.37. The first-order valence-electron chi connectivity index (χ1n) is 11.0. The van der Waals surface area contributed by atoms with E-state index in [2.05, 4.69) is 39.6 Å². The summed E-state index contributed by atoms with van der Waals surface area (Å²) < 4.78 is 0. The van der Waals surface area contributed by atoms with Crippen LogP contribution in [0, 0.1) is 0 Å². The molecular weight excluding hydrogens is 412 g/mol. The second kappa shape index (κ2) is 10.1. The molecule has 2 aromatic rings. The Morgan fingerprint density at radius 1 is 1.13 bits per heavy atom. The molecule has 31 heavy (non-hydrogen) atoms. The van der Waals surface area contributed by atoms with Crippen molar-refractivity contribution in [3.63, 3.8) is 0 Å². The third kappa shape index (κ3) is 5.64. The minimum atomic E-state index is -0.746. The molecule has 3 atom stereocenters. The van der Waals surface area contributed by atoms with E-state index < -0.39 is 12.3 Å². The fourth-order valence-electron chi connectivity index (χ4n) is 4.37. The lowest BCUT2D eigenvalue weighted by Crippen LogP contribution is -2.60. The second-order valence-corrected chi connectivity index (χ2v) is 9.04. The predicted octanol–water partition coefficient (Wildman–Crippen LogP) is 1.65. The molecule has 7 heteroatoms. The van der Waals surface area contributed by atoms with Crippen molar-refractivity contribution in [2.24, 2.45) is 0 Å². The van der Waals surface area contributed by atoms with E-state index in [1.165, 1.54) is 11.1 Å². The van der Waals surface area contributed by atoms with Crippen molar-refractivity contribution in [3.8, 4) is 0 Å². The summed E-state index contributed by atoms with van der Waals surface area (Å²) in [6, 6.07) is 15.1. The number of hydrogen-bond acceptors (Lipinski definition) is 5. The van der Waals surface area contributed by atoms with E-state index in [-0.39, 0.29) is 11.9 Å². The zero-order chi connectivity index (χ0) is 21.8. The van der Waals surface area contributed by atoms with Crippen LogP contribution in [-0.4, -0.2) is 72.4 Å². The number of benzene rings is 2. The quantitative estimate of drug-likeness (QED) is 0.634. The van der Waals surface area contributed by atoms with E-state index >= 15 is 0 Å². The Kier molecular flexibility index (Phi) is 7.25. The lowest BCUT2D eigenvalue weighted by Gasteiger charge is -2.39. The number of likely N-dealkylation sites (N-methyl/N-ethyl adjacent to an activating group) is 1. The van der Waals surface area contributed by atoms with Gasteiger partial charge in [-0.05, 0) is 48.7 Å². The molecule has 1 unspecified atom stereocenters. The molecule has 4 rings (SSSR count). The molecule has 6 nitrogen and oxygen atoms in total. The van der Waals surface area contributed by atoms with Crippen molar-refractivity contribution < 1.29 is 9.90 Å². The number of nitrogens with one attached hydrogen (secondary N) is 2. The summed E-state index contributed by atoms with van der Waals surface area (Å²) in [6.07, 6.45) is 0.448. The van der Waals surface area contributed by atoms with Gasteiger partial charge in [-0.25, -0.2) is 0 Å². The maximum atomic E-state index is 13.2. The summed E-state index contributed by atoms with van der Waals surface area (Å²) >= 11 is 6.03. The highest BCUT2D eigenvalue weighted by atomic mass is 35.5. The largest absolute Gasteiger partial charge is 0.376 e. The summed E-state index contributed by atoms with van der Waals surface area (Å²) in [5.74, 6) is -0.0679. The minimum absolute atomic E-state index is 0.0679. The van der Waals surface area contributed by atoms with Crippen LogP contribution in [0.4, 0.5) is 0 Å². The van der Waals surface area contributed by atoms with Gasteiger partial charge >= 0.3 is 0 Å². The summed E-state index contributed by atoms with van der Waals surface area (Å²) in [7, 11) is 2.09. The van der Waals surface area contributed by atoms with Gasteiger partial charge in [0.25, 0.3) is 0 Å². The number of carbonyl (C=O) groups excluding carboxylic acids is 1. The summed E-state index contributed by atoms with van der Waals surface area (Å²) in [4.78, 5) is 17.5. The van der Waals surface area contributed by atoms with E-state index in [4.69, 9.17) is 11.6 Å². The number of aliphatic hydroxyl groups excluding tert-OH is 1. The van der Waals surface area contributed by atoms with Crippen LogP contribution in [0.5, 0.6) is 0 Å². The van der Waals surface area contributed by atoms with Gasteiger partial charge in [0.15, 0.2) is 0 Å². The van der Waals surface area contributed by atoms with E-state index in [9.17, 15) is 9.90 Å². The number of amides is 1. The number of hydrogen-bond donors (Lipinski definition) is 3. The molecule has 166 valence electrons. The average molecular weight is 443 g/mol. The first-order chi connectivity index (χ1) is 15.0. The molecule has 0 radical (unpaired) electrons. The number of halogens is 1. The lowest BCUT2D eigenvalue weighted by molar-refractivity contribution is -0.127. The first kappa shape index (κ1) is 22.2. The number of aliphatic hydroxyl groups is 1. The Balaban J connectivity index is 1.46. The fourth-order valence-corrected chi connectivity index (χ4v) is 4.50. The zero-order valence-corrected chi connectivity index (χ0v) is 18.7.